The first-order valence-corrected chi connectivity index (χ1v) is 8.38. The van der Waals surface area contributed by atoms with Crippen molar-refractivity contribution in [1.29, 1.82) is 0 Å². The Labute approximate surface area is 165 Å². The molecule has 0 unspecified atom stereocenters. The lowest BCUT2D eigenvalue weighted by atomic mass is 9.89. The summed E-state index contributed by atoms with van der Waals surface area (Å²) in [4.78, 5) is 27.6. The molecule has 0 radical (unpaired) electrons. The second kappa shape index (κ2) is 8.39. The average Bonchev–Trinajstić information content (AvgIpc) is 2.68. The number of carbonyl (C=O) groups excluding carboxylic acids is 1. The highest BCUT2D eigenvalue weighted by Crippen LogP contribution is 2.33. The fourth-order valence-corrected chi connectivity index (χ4v) is 2.76. The number of aromatic nitrogens is 3. The number of alkyl halides is 3. The highest BCUT2D eigenvalue weighted by Gasteiger charge is 2.33. The summed E-state index contributed by atoms with van der Waals surface area (Å²) < 4.78 is 69.2. The molecule has 0 bridgehead atoms. The van der Waals surface area contributed by atoms with Crippen LogP contribution in [0, 0.1) is 11.6 Å². The van der Waals surface area contributed by atoms with Gasteiger partial charge in [0, 0.05) is 24.6 Å². The Morgan fingerprint density at radius 1 is 1.10 bits per heavy atom. The van der Waals surface area contributed by atoms with Crippen LogP contribution in [0.25, 0.3) is 0 Å². The molecule has 0 aliphatic carbocycles. The monoisotopic (exact) mass is 425 g/mol. The van der Waals surface area contributed by atoms with Gasteiger partial charge < -0.3 is 4.74 Å². The zero-order valence-electron chi connectivity index (χ0n) is 14.9. The first-order valence-electron chi connectivity index (χ1n) is 8.38. The summed E-state index contributed by atoms with van der Waals surface area (Å²) in [5.74, 6) is -4.97. The molecule has 0 saturated carbocycles. The van der Waals surface area contributed by atoms with E-state index in [1.165, 1.54) is 12.3 Å². The topological polar surface area (TPSA) is 84.9 Å². The molecule has 11 heteroatoms. The fourth-order valence-electron chi connectivity index (χ4n) is 2.76. The maximum absolute atomic E-state index is 14.3. The number of benzene rings is 1. The predicted molar refractivity (Wildman–Crippen MR) is 92.9 cm³/mol. The van der Waals surface area contributed by atoms with Crippen LogP contribution in [0.4, 0.5) is 22.0 Å². The predicted octanol–water partition coefficient (Wildman–Crippen LogP) is 3.75. The van der Waals surface area contributed by atoms with Crippen LogP contribution in [0.15, 0.2) is 53.5 Å². The minimum Gasteiger partial charge on any atom is -0.403 e. The second-order valence-corrected chi connectivity index (χ2v) is 6.09. The number of Topliss-reactive ketones (excluding diaryl/α,β-unsaturated/α-hetero) is 1. The minimum atomic E-state index is -5.10. The highest BCUT2D eigenvalue weighted by atomic mass is 19.4. The van der Waals surface area contributed by atoms with Crippen LogP contribution in [0.1, 0.15) is 34.1 Å². The number of nitrogens with zero attached hydrogens (tertiary/aromatic N) is 2. The lowest BCUT2D eigenvalue weighted by molar-refractivity contribution is -0.275. The summed E-state index contributed by atoms with van der Waals surface area (Å²) in [5, 5.41) is 5.68. The SMILES string of the molecule is O=C(C[C@@H](c1ccc(OC(F)(F)F)c(F)c1)c1ncccc1F)c1ccc(=O)[nH]n1. The smallest absolute Gasteiger partial charge is 0.403 e. The second-order valence-electron chi connectivity index (χ2n) is 6.09. The van der Waals surface area contributed by atoms with Gasteiger partial charge in [-0.1, -0.05) is 6.07 Å². The molecule has 2 heterocycles. The van der Waals surface area contributed by atoms with Gasteiger partial charge in [0.2, 0.25) is 0 Å². The Morgan fingerprint density at radius 3 is 2.47 bits per heavy atom. The number of ether oxygens (including phenoxy) is 1. The van der Waals surface area contributed by atoms with Gasteiger partial charge in [-0.15, -0.1) is 13.2 Å². The van der Waals surface area contributed by atoms with Gasteiger partial charge in [0.15, 0.2) is 17.3 Å². The lowest BCUT2D eigenvalue weighted by Gasteiger charge is -2.18. The van der Waals surface area contributed by atoms with Crippen LogP contribution in [-0.2, 0) is 0 Å². The molecule has 0 saturated heterocycles. The van der Waals surface area contributed by atoms with Gasteiger partial charge in [-0.2, -0.15) is 5.10 Å². The molecular weight excluding hydrogens is 413 g/mol. The molecule has 6 nitrogen and oxygen atoms in total. The molecule has 1 atom stereocenters. The number of rotatable bonds is 6. The van der Waals surface area contributed by atoms with E-state index in [9.17, 15) is 31.5 Å². The number of hydrogen-bond acceptors (Lipinski definition) is 5. The summed E-state index contributed by atoms with van der Waals surface area (Å²) >= 11 is 0. The van der Waals surface area contributed by atoms with E-state index in [0.29, 0.717) is 6.07 Å². The Balaban J connectivity index is 1.99. The van der Waals surface area contributed by atoms with Crippen LogP contribution >= 0.6 is 0 Å². The molecule has 0 amide bonds. The lowest BCUT2D eigenvalue weighted by Crippen LogP contribution is -2.18. The third-order valence-electron chi connectivity index (χ3n) is 4.06. The number of aromatic amines is 1. The van der Waals surface area contributed by atoms with Crippen molar-refractivity contribution >= 4 is 5.78 Å². The van der Waals surface area contributed by atoms with Crippen molar-refractivity contribution in [3.8, 4) is 5.75 Å². The molecule has 0 aliphatic heterocycles. The van der Waals surface area contributed by atoms with Crippen LogP contribution in [0.3, 0.4) is 0 Å². The van der Waals surface area contributed by atoms with Crippen LogP contribution in [-0.4, -0.2) is 27.3 Å². The van der Waals surface area contributed by atoms with E-state index in [4.69, 9.17) is 0 Å². The standard InChI is InChI=1S/C19H12F5N3O3/c20-12-2-1-7-25-18(12)11(9-15(28)14-4-6-17(29)27-26-14)10-3-5-16(13(21)8-10)30-19(22,23)24/h1-8,11H,9H2,(H,27,29)/t11-/m0/s1. The van der Waals surface area contributed by atoms with Crippen LogP contribution in [0.2, 0.25) is 0 Å². The Hall–Kier alpha value is -3.63. The number of halogens is 5. The van der Waals surface area contributed by atoms with Gasteiger partial charge in [-0.05, 0) is 35.9 Å². The van der Waals surface area contributed by atoms with E-state index in [-0.39, 0.29) is 17.0 Å². The van der Waals surface area contributed by atoms with Crippen molar-refractivity contribution in [1.82, 2.24) is 15.2 Å². The fraction of sp³-hybridized carbons (Fsp3) is 0.158. The number of ketones is 1. The molecule has 1 N–H and O–H groups in total. The number of pyridine rings is 1. The Kier molecular flexibility index (Phi) is 5.90. The van der Waals surface area contributed by atoms with Crippen molar-refractivity contribution in [3.05, 3.63) is 87.6 Å². The molecule has 0 aliphatic rings. The van der Waals surface area contributed by atoms with Crippen molar-refractivity contribution in [3.63, 3.8) is 0 Å². The summed E-state index contributed by atoms with van der Waals surface area (Å²) in [7, 11) is 0. The highest BCUT2D eigenvalue weighted by molar-refractivity contribution is 5.94. The van der Waals surface area contributed by atoms with E-state index >= 15 is 0 Å². The summed E-state index contributed by atoms with van der Waals surface area (Å²) in [6.45, 7) is 0. The number of hydrogen-bond donors (Lipinski definition) is 1. The maximum atomic E-state index is 14.3. The molecule has 3 rings (SSSR count). The van der Waals surface area contributed by atoms with E-state index in [1.54, 1.807) is 0 Å². The van der Waals surface area contributed by atoms with E-state index < -0.39 is 47.4 Å². The van der Waals surface area contributed by atoms with Gasteiger partial charge in [0.05, 0.1) is 5.69 Å². The normalized spacial score (nSPS) is 12.4. The zero-order valence-corrected chi connectivity index (χ0v) is 14.9. The quantitative estimate of drug-likeness (QED) is 0.480. The van der Waals surface area contributed by atoms with Gasteiger partial charge in [-0.25, -0.2) is 13.9 Å². The molecule has 0 fully saturated rings. The summed E-state index contributed by atoms with van der Waals surface area (Å²) in [5.41, 5.74) is -0.883. The molecule has 1 aromatic carbocycles. The largest absolute Gasteiger partial charge is 0.573 e. The average molecular weight is 425 g/mol. The zero-order chi connectivity index (χ0) is 21.9. The Morgan fingerprint density at radius 2 is 1.87 bits per heavy atom. The number of nitrogens with one attached hydrogen (secondary N) is 1. The Bertz CT molecular complexity index is 1110. The van der Waals surface area contributed by atoms with Crippen molar-refractivity contribution in [2.75, 3.05) is 0 Å². The molecule has 2 aromatic heterocycles. The molecule has 3 aromatic rings. The molecule has 30 heavy (non-hydrogen) atoms. The van der Waals surface area contributed by atoms with Gasteiger partial charge >= 0.3 is 6.36 Å². The maximum Gasteiger partial charge on any atom is 0.573 e. The van der Waals surface area contributed by atoms with Crippen molar-refractivity contribution in [2.45, 2.75) is 18.7 Å². The van der Waals surface area contributed by atoms with Crippen molar-refractivity contribution in [2.24, 2.45) is 0 Å². The van der Waals surface area contributed by atoms with E-state index in [0.717, 1.165) is 30.3 Å². The summed E-state index contributed by atoms with van der Waals surface area (Å²) in [6, 6.07) is 7.14. The minimum absolute atomic E-state index is 0.00241. The first-order chi connectivity index (χ1) is 14.1. The number of H-pyrrole nitrogens is 1. The van der Waals surface area contributed by atoms with Crippen molar-refractivity contribution < 1.29 is 31.5 Å². The van der Waals surface area contributed by atoms with Gasteiger partial charge in [-0.3, -0.25) is 14.6 Å². The summed E-state index contributed by atoms with van der Waals surface area (Å²) in [6.07, 6.45) is -4.28. The molecule has 156 valence electrons. The van der Waals surface area contributed by atoms with E-state index in [1.807, 2.05) is 0 Å². The van der Waals surface area contributed by atoms with Gasteiger partial charge in [0.1, 0.15) is 11.5 Å². The first kappa shape index (κ1) is 21.1. The van der Waals surface area contributed by atoms with Crippen LogP contribution < -0.4 is 10.3 Å². The van der Waals surface area contributed by atoms with Crippen LogP contribution in [0.5, 0.6) is 5.75 Å². The number of carbonyl (C=O) groups is 1. The molecule has 0 spiro atoms. The molecular formula is C19H12F5N3O3. The third-order valence-corrected chi connectivity index (χ3v) is 4.06. The van der Waals surface area contributed by atoms with E-state index in [2.05, 4.69) is 19.9 Å². The van der Waals surface area contributed by atoms with Gasteiger partial charge in [0.25, 0.3) is 5.56 Å². The third kappa shape index (κ3) is 5.04.